The maximum absolute atomic E-state index is 13.8. The molecule has 0 aliphatic heterocycles. The molecular formula is C40H48N2O6. The van der Waals surface area contributed by atoms with Gasteiger partial charge in [0, 0.05) is 36.8 Å². The van der Waals surface area contributed by atoms with Crippen molar-refractivity contribution in [3.05, 3.63) is 92.4 Å². The number of amides is 2. The molecule has 0 saturated heterocycles. The molecule has 0 fully saturated rings. The molecule has 1 aromatic rings. The molecule has 2 atom stereocenters. The second kappa shape index (κ2) is 12.2. The molecule has 254 valence electrons. The van der Waals surface area contributed by atoms with Crippen LogP contribution < -0.4 is 21.1 Å². The van der Waals surface area contributed by atoms with E-state index in [1.807, 2.05) is 12.1 Å². The Morgan fingerprint density at radius 2 is 0.979 bits per heavy atom. The van der Waals surface area contributed by atoms with E-state index in [0.29, 0.717) is 0 Å². The van der Waals surface area contributed by atoms with Gasteiger partial charge in [0.2, 0.25) is 0 Å². The van der Waals surface area contributed by atoms with Gasteiger partial charge in [0.05, 0.1) is 11.1 Å². The number of fused-ring (bicyclic) bond motifs is 1. The SMILES string of the molecule is CC(C)(C)C1=CC2=c3cc(C(=O)NCCCC(=O)O)c(C(=O)NCCCC(=O)O)cc3=C3C=C(C(C)(C)C)C=C4C=CC(=C1)[C@@]2(C)[C@]43C. The molecule has 0 saturated carbocycles. The molecule has 4 N–H and O–H groups in total. The van der Waals surface area contributed by atoms with Crippen LogP contribution in [0.15, 0.2) is 70.9 Å². The van der Waals surface area contributed by atoms with Gasteiger partial charge in [-0.25, -0.2) is 0 Å². The number of hydrogen-bond donors (Lipinski definition) is 4. The largest absolute Gasteiger partial charge is 0.481 e. The van der Waals surface area contributed by atoms with Crippen LogP contribution in [0.5, 0.6) is 0 Å². The molecule has 0 heterocycles. The van der Waals surface area contributed by atoms with Crippen LogP contribution in [0.4, 0.5) is 0 Å². The summed E-state index contributed by atoms with van der Waals surface area (Å²) in [5, 5.41) is 25.6. The van der Waals surface area contributed by atoms with E-state index in [1.165, 1.54) is 22.3 Å². The predicted molar refractivity (Wildman–Crippen MR) is 188 cm³/mol. The zero-order valence-electron chi connectivity index (χ0n) is 29.4. The molecule has 0 bridgehead atoms. The maximum Gasteiger partial charge on any atom is 0.303 e. The monoisotopic (exact) mass is 652 g/mol. The highest BCUT2D eigenvalue weighted by Gasteiger charge is 2.57. The summed E-state index contributed by atoms with van der Waals surface area (Å²) in [6.07, 6.45) is 13.9. The summed E-state index contributed by atoms with van der Waals surface area (Å²) in [6.45, 7) is 18.0. The Morgan fingerprint density at radius 3 is 1.29 bits per heavy atom. The summed E-state index contributed by atoms with van der Waals surface area (Å²) in [6, 6.07) is 3.67. The summed E-state index contributed by atoms with van der Waals surface area (Å²) >= 11 is 0. The molecule has 0 aromatic heterocycles. The van der Waals surface area contributed by atoms with Gasteiger partial charge >= 0.3 is 11.9 Å². The first-order valence-corrected chi connectivity index (χ1v) is 16.8. The van der Waals surface area contributed by atoms with Gasteiger partial charge in [-0.2, -0.15) is 0 Å². The van der Waals surface area contributed by atoms with E-state index < -0.39 is 34.6 Å². The Balaban J connectivity index is 1.84. The Bertz CT molecular complexity index is 1770. The summed E-state index contributed by atoms with van der Waals surface area (Å²) in [4.78, 5) is 49.9. The van der Waals surface area contributed by atoms with E-state index in [1.54, 1.807) is 0 Å². The lowest BCUT2D eigenvalue weighted by atomic mass is 9.45. The third-order valence-corrected chi connectivity index (χ3v) is 10.6. The van der Waals surface area contributed by atoms with E-state index in [-0.39, 0.29) is 60.7 Å². The van der Waals surface area contributed by atoms with E-state index >= 15 is 0 Å². The third kappa shape index (κ3) is 5.90. The molecule has 8 nitrogen and oxygen atoms in total. The van der Waals surface area contributed by atoms with Crippen molar-refractivity contribution in [2.45, 2.75) is 81.1 Å². The normalized spacial score (nSPS) is 22.4. The minimum atomic E-state index is -0.947. The van der Waals surface area contributed by atoms with Crippen molar-refractivity contribution in [3.8, 4) is 0 Å². The van der Waals surface area contributed by atoms with Gasteiger partial charge in [-0.15, -0.1) is 0 Å². The minimum absolute atomic E-state index is 0.0874. The first kappa shape index (κ1) is 34.9. The molecule has 2 amide bonds. The maximum atomic E-state index is 13.8. The van der Waals surface area contributed by atoms with Crippen molar-refractivity contribution in [1.82, 2.24) is 10.6 Å². The minimum Gasteiger partial charge on any atom is -0.481 e. The highest BCUT2D eigenvalue weighted by Crippen LogP contribution is 2.66. The Labute approximate surface area is 282 Å². The molecule has 4 aliphatic carbocycles. The second-order valence-electron chi connectivity index (χ2n) is 15.8. The van der Waals surface area contributed by atoms with Gasteiger partial charge in [-0.05, 0) is 79.7 Å². The lowest BCUT2D eigenvalue weighted by Gasteiger charge is -2.57. The molecule has 0 radical (unpaired) electrons. The van der Waals surface area contributed by atoms with Crippen molar-refractivity contribution in [1.29, 1.82) is 0 Å². The summed E-state index contributed by atoms with van der Waals surface area (Å²) in [5.74, 6) is -2.82. The number of hydrogen-bond acceptors (Lipinski definition) is 4. The van der Waals surface area contributed by atoms with Crippen molar-refractivity contribution in [2.24, 2.45) is 21.7 Å². The van der Waals surface area contributed by atoms with Crippen LogP contribution in [0.1, 0.15) is 102 Å². The van der Waals surface area contributed by atoms with Crippen LogP contribution in [0.2, 0.25) is 0 Å². The van der Waals surface area contributed by atoms with Crippen molar-refractivity contribution in [3.63, 3.8) is 0 Å². The van der Waals surface area contributed by atoms with E-state index in [4.69, 9.17) is 10.2 Å². The topological polar surface area (TPSA) is 133 Å². The number of benzene rings is 1. The fourth-order valence-corrected chi connectivity index (χ4v) is 7.40. The molecule has 5 rings (SSSR count). The average Bonchev–Trinajstić information content (AvgIpc) is 2.98. The second-order valence-corrected chi connectivity index (χ2v) is 15.8. The first-order chi connectivity index (χ1) is 22.3. The van der Waals surface area contributed by atoms with Crippen LogP contribution in [-0.4, -0.2) is 47.1 Å². The lowest BCUT2D eigenvalue weighted by molar-refractivity contribution is -0.138. The number of carbonyl (C=O) groups excluding carboxylic acids is 2. The van der Waals surface area contributed by atoms with Crippen molar-refractivity contribution >= 4 is 34.9 Å². The van der Waals surface area contributed by atoms with E-state index in [0.717, 1.165) is 21.6 Å². The molecule has 48 heavy (non-hydrogen) atoms. The summed E-state index contributed by atoms with van der Waals surface area (Å²) in [7, 11) is 0. The third-order valence-electron chi connectivity index (χ3n) is 10.6. The van der Waals surface area contributed by atoms with Crippen LogP contribution in [-0.2, 0) is 9.59 Å². The molecule has 0 unspecified atom stereocenters. The van der Waals surface area contributed by atoms with Gasteiger partial charge in [-0.1, -0.05) is 91.8 Å². The Hall–Kier alpha value is -4.46. The highest BCUT2D eigenvalue weighted by molar-refractivity contribution is 6.08. The van der Waals surface area contributed by atoms with Gasteiger partial charge in [0.25, 0.3) is 11.8 Å². The zero-order chi connectivity index (χ0) is 35.4. The quantitative estimate of drug-likeness (QED) is 0.244. The number of carbonyl (C=O) groups is 4. The van der Waals surface area contributed by atoms with Gasteiger partial charge in [0.1, 0.15) is 0 Å². The summed E-state index contributed by atoms with van der Waals surface area (Å²) in [5.41, 5.74) is 6.04. The van der Waals surface area contributed by atoms with Crippen LogP contribution >= 0.6 is 0 Å². The Morgan fingerprint density at radius 1 is 0.625 bits per heavy atom. The highest BCUT2D eigenvalue weighted by atomic mass is 16.4. The van der Waals surface area contributed by atoms with E-state index in [9.17, 15) is 19.2 Å². The van der Waals surface area contributed by atoms with E-state index in [2.05, 4.69) is 102 Å². The number of allylic oxidation sites excluding steroid dienone is 10. The number of aliphatic carboxylic acids is 2. The Kier molecular flexibility index (Phi) is 8.87. The predicted octanol–water partition coefficient (Wildman–Crippen LogP) is 5.60. The van der Waals surface area contributed by atoms with Crippen molar-refractivity contribution in [2.75, 3.05) is 13.1 Å². The molecule has 8 heteroatoms. The van der Waals surface area contributed by atoms with Crippen LogP contribution in [0.25, 0.3) is 11.1 Å². The van der Waals surface area contributed by atoms with Gasteiger partial charge < -0.3 is 20.8 Å². The smallest absolute Gasteiger partial charge is 0.303 e. The molecule has 1 aromatic carbocycles. The lowest BCUT2D eigenvalue weighted by Crippen LogP contribution is -2.55. The van der Waals surface area contributed by atoms with Crippen LogP contribution in [0.3, 0.4) is 0 Å². The number of rotatable bonds is 10. The zero-order valence-corrected chi connectivity index (χ0v) is 29.4. The average molecular weight is 653 g/mol. The number of carboxylic acids is 2. The first-order valence-electron chi connectivity index (χ1n) is 16.8. The molecule has 4 aliphatic rings. The molecular weight excluding hydrogens is 604 g/mol. The van der Waals surface area contributed by atoms with Gasteiger partial charge in [-0.3, -0.25) is 19.2 Å². The number of nitrogens with one attached hydrogen (secondary N) is 2. The van der Waals surface area contributed by atoms with Crippen molar-refractivity contribution < 1.29 is 29.4 Å². The van der Waals surface area contributed by atoms with Gasteiger partial charge in [0.15, 0.2) is 0 Å². The fraction of sp³-hybridized carbons (Fsp3) is 0.450. The summed E-state index contributed by atoms with van der Waals surface area (Å²) < 4.78 is 0. The fourth-order valence-electron chi connectivity index (χ4n) is 7.40. The number of carboxylic acid groups (broad SMARTS) is 2. The van der Waals surface area contributed by atoms with Crippen LogP contribution in [0, 0.1) is 21.7 Å². The molecule has 0 spiro atoms. The standard InChI is InChI=1S/C40H48N2O6/c1-37(2,3)25-17-23-13-14-24-18-26(38(4,5)6)20-32-28-22-30(36(48)42-16-10-12-34(45)46)29(35(47)41-15-9-11-33(43)44)21-27(28)31(19-25)39(23,7)40(24,32)8/h13-14,17-22H,9-12,15-16H2,1-8H3,(H,41,47)(H,42,48)(H,43,44)(H,45,46)/t39-,40-/m1/s1.